The van der Waals surface area contributed by atoms with Gasteiger partial charge in [-0.25, -0.2) is 9.59 Å². The Hall–Kier alpha value is -2.15. The number of carboxylic acids is 1. The van der Waals surface area contributed by atoms with E-state index in [1.165, 1.54) is 18.4 Å². The molecular weight excluding hydrogens is 258 g/mol. The molecule has 0 aliphatic carbocycles. The second-order valence-electron chi connectivity index (χ2n) is 3.25. The minimum Gasteiger partial charge on any atom is -0.478 e. The van der Waals surface area contributed by atoms with E-state index in [1.54, 1.807) is 13.0 Å². The Morgan fingerprint density at radius 2 is 2.06 bits per heavy atom. The molecule has 0 atom stereocenters. The van der Waals surface area contributed by atoms with Crippen molar-refractivity contribution in [1.29, 1.82) is 0 Å². The van der Waals surface area contributed by atoms with Crippen LogP contribution in [0, 0.1) is 6.92 Å². The lowest BCUT2D eigenvalue weighted by Gasteiger charge is -2.01. The molecule has 1 aromatic heterocycles. The van der Waals surface area contributed by atoms with E-state index in [-0.39, 0.29) is 5.56 Å². The normalized spacial score (nSPS) is 10.3. The van der Waals surface area contributed by atoms with Crippen molar-refractivity contribution in [3.63, 3.8) is 0 Å². The van der Waals surface area contributed by atoms with Crippen molar-refractivity contribution in [1.82, 2.24) is 0 Å². The highest BCUT2D eigenvalue weighted by Crippen LogP contribution is 2.28. The summed E-state index contributed by atoms with van der Waals surface area (Å²) in [5.74, 6) is -2.40. The largest absolute Gasteiger partial charge is 0.478 e. The maximum absolute atomic E-state index is 11.4. The van der Waals surface area contributed by atoms with Gasteiger partial charge in [0.05, 0.1) is 12.7 Å². The topological polar surface area (TPSA) is 92.7 Å². The Morgan fingerprint density at radius 3 is 2.61 bits per heavy atom. The van der Waals surface area contributed by atoms with E-state index in [2.05, 4.69) is 10.1 Å². The van der Waals surface area contributed by atoms with Crippen LogP contribution >= 0.6 is 11.3 Å². The maximum Gasteiger partial charge on any atom is 0.340 e. The first kappa shape index (κ1) is 13.9. The van der Waals surface area contributed by atoms with E-state index in [9.17, 15) is 14.4 Å². The highest BCUT2D eigenvalue weighted by Gasteiger charge is 2.16. The van der Waals surface area contributed by atoms with Gasteiger partial charge in [-0.2, -0.15) is 0 Å². The average molecular weight is 269 g/mol. The van der Waals surface area contributed by atoms with Gasteiger partial charge in [0.1, 0.15) is 5.00 Å². The van der Waals surface area contributed by atoms with E-state index >= 15 is 0 Å². The van der Waals surface area contributed by atoms with Gasteiger partial charge in [-0.15, -0.1) is 11.3 Å². The van der Waals surface area contributed by atoms with Gasteiger partial charge in [0, 0.05) is 17.0 Å². The standard InChI is InChI=1S/C11H11NO5S/c1-6-5-7(11(16)17-2)10(18-6)12-8(13)3-4-9(14)15/h3-5H,1-2H3,(H,12,13)(H,14,15). The molecule has 0 bridgehead atoms. The molecule has 96 valence electrons. The van der Waals surface area contributed by atoms with Crippen molar-refractivity contribution in [2.45, 2.75) is 6.92 Å². The number of hydrogen-bond acceptors (Lipinski definition) is 5. The number of hydrogen-bond donors (Lipinski definition) is 2. The molecule has 18 heavy (non-hydrogen) atoms. The van der Waals surface area contributed by atoms with Gasteiger partial charge in [-0.3, -0.25) is 4.79 Å². The quantitative estimate of drug-likeness (QED) is 0.637. The SMILES string of the molecule is COC(=O)c1cc(C)sc1NC(=O)C=CC(=O)O. The number of nitrogens with one attached hydrogen (secondary N) is 1. The Balaban J connectivity index is 2.87. The molecule has 0 unspecified atom stereocenters. The van der Waals surface area contributed by atoms with Crippen molar-refractivity contribution in [3.8, 4) is 0 Å². The van der Waals surface area contributed by atoms with Crippen LogP contribution in [-0.2, 0) is 14.3 Å². The minimum atomic E-state index is -1.22. The summed E-state index contributed by atoms with van der Waals surface area (Å²) in [5, 5.41) is 11.1. The van der Waals surface area contributed by atoms with Crippen LogP contribution in [0.1, 0.15) is 15.2 Å². The molecule has 0 radical (unpaired) electrons. The number of anilines is 1. The van der Waals surface area contributed by atoms with Crippen LogP contribution in [0.3, 0.4) is 0 Å². The molecule has 0 fully saturated rings. The summed E-state index contributed by atoms with van der Waals surface area (Å²) in [6, 6.07) is 1.59. The maximum atomic E-state index is 11.4. The molecule has 0 aliphatic heterocycles. The van der Waals surface area contributed by atoms with Crippen molar-refractivity contribution in [3.05, 3.63) is 28.7 Å². The number of rotatable bonds is 4. The summed E-state index contributed by atoms with van der Waals surface area (Å²) in [5.41, 5.74) is 0.247. The number of aryl methyl sites for hydroxylation is 1. The number of aliphatic carboxylic acids is 1. The number of carbonyl (C=O) groups excluding carboxylic acids is 2. The lowest BCUT2D eigenvalue weighted by molar-refractivity contribution is -0.131. The third-order valence-corrected chi connectivity index (χ3v) is 2.84. The molecule has 1 aromatic rings. The second kappa shape index (κ2) is 5.97. The summed E-state index contributed by atoms with van der Waals surface area (Å²) in [6.45, 7) is 1.78. The summed E-state index contributed by atoms with van der Waals surface area (Å²) in [6.07, 6.45) is 1.59. The number of methoxy groups -OCH3 is 1. The Kier molecular flexibility index (Phi) is 4.61. The molecule has 1 rings (SSSR count). The van der Waals surface area contributed by atoms with Crippen molar-refractivity contribution in [2.24, 2.45) is 0 Å². The summed E-state index contributed by atoms with van der Waals surface area (Å²) in [7, 11) is 1.24. The molecule has 0 saturated heterocycles. The highest BCUT2D eigenvalue weighted by molar-refractivity contribution is 7.16. The lowest BCUT2D eigenvalue weighted by atomic mass is 10.3. The van der Waals surface area contributed by atoms with Crippen LogP contribution in [0.5, 0.6) is 0 Å². The van der Waals surface area contributed by atoms with E-state index < -0.39 is 17.8 Å². The number of carbonyl (C=O) groups is 3. The third-order valence-electron chi connectivity index (χ3n) is 1.87. The molecule has 0 aromatic carbocycles. The van der Waals surface area contributed by atoms with Gasteiger partial charge in [0.25, 0.3) is 0 Å². The van der Waals surface area contributed by atoms with Crippen molar-refractivity contribution >= 4 is 34.2 Å². The number of esters is 1. The number of carboxylic acid groups (broad SMARTS) is 1. The van der Waals surface area contributed by atoms with Gasteiger partial charge in [0.15, 0.2) is 0 Å². The van der Waals surface area contributed by atoms with Crippen molar-refractivity contribution in [2.75, 3.05) is 12.4 Å². The molecule has 2 N–H and O–H groups in total. The van der Waals surface area contributed by atoms with Crippen LogP contribution in [0.4, 0.5) is 5.00 Å². The lowest BCUT2D eigenvalue weighted by Crippen LogP contribution is -2.11. The summed E-state index contributed by atoms with van der Waals surface area (Å²) >= 11 is 1.21. The van der Waals surface area contributed by atoms with Gasteiger partial charge in [0.2, 0.25) is 5.91 Å². The van der Waals surface area contributed by atoms with Crippen LogP contribution in [0.25, 0.3) is 0 Å². The first-order valence-corrected chi connectivity index (χ1v) is 5.66. The Morgan fingerprint density at radius 1 is 1.39 bits per heavy atom. The number of thiophene rings is 1. The second-order valence-corrected chi connectivity index (χ2v) is 4.51. The zero-order chi connectivity index (χ0) is 13.7. The molecule has 1 amide bonds. The van der Waals surface area contributed by atoms with Crippen LogP contribution in [-0.4, -0.2) is 30.1 Å². The van der Waals surface area contributed by atoms with Gasteiger partial charge in [-0.05, 0) is 13.0 Å². The predicted molar refractivity (Wildman–Crippen MR) is 65.8 cm³/mol. The zero-order valence-electron chi connectivity index (χ0n) is 9.72. The molecule has 6 nitrogen and oxygen atoms in total. The fourth-order valence-electron chi connectivity index (χ4n) is 1.17. The van der Waals surface area contributed by atoms with E-state index in [0.717, 1.165) is 11.0 Å². The van der Waals surface area contributed by atoms with Gasteiger partial charge < -0.3 is 15.2 Å². The number of ether oxygens (including phenoxy) is 1. The molecular formula is C11H11NO5S. The van der Waals surface area contributed by atoms with Crippen LogP contribution in [0.2, 0.25) is 0 Å². The average Bonchev–Trinajstić information content (AvgIpc) is 2.66. The summed E-state index contributed by atoms with van der Waals surface area (Å²) < 4.78 is 4.57. The van der Waals surface area contributed by atoms with E-state index in [0.29, 0.717) is 11.1 Å². The molecule has 7 heteroatoms. The highest BCUT2D eigenvalue weighted by atomic mass is 32.1. The first-order valence-electron chi connectivity index (χ1n) is 4.84. The minimum absolute atomic E-state index is 0.247. The van der Waals surface area contributed by atoms with Gasteiger partial charge in [-0.1, -0.05) is 0 Å². The molecule has 0 spiro atoms. The van der Waals surface area contributed by atoms with Gasteiger partial charge >= 0.3 is 11.9 Å². The van der Waals surface area contributed by atoms with Crippen LogP contribution in [0.15, 0.2) is 18.2 Å². The van der Waals surface area contributed by atoms with Crippen molar-refractivity contribution < 1.29 is 24.2 Å². The monoisotopic (exact) mass is 269 g/mol. The fourth-order valence-corrected chi connectivity index (χ4v) is 2.07. The smallest absolute Gasteiger partial charge is 0.340 e. The number of amides is 1. The zero-order valence-corrected chi connectivity index (χ0v) is 10.5. The Labute approximate surface area is 107 Å². The van der Waals surface area contributed by atoms with Crippen LogP contribution < -0.4 is 5.32 Å². The van der Waals surface area contributed by atoms with E-state index in [4.69, 9.17) is 5.11 Å². The predicted octanol–water partition coefficient (Wildman–Crippen LogP) is 1.42. The van der Waals surface area contributed by atoms with E-state index in [1.807, 2.05) is 0 Å². The third kappa shape index (κ3) is 3.70. The molecule has 0 saturated carbocycles. The summed E-state index contributed by atoms with van der Waals surface area (Å²) in [4.78, 5) is 33.9. The Bertz CT molecular complexity index is 518. The first-order chi connectivity index (χ1) is 8.43. The molecule has 1 heterocycles. The molecule has 0 aliphatic rings. The fraction of sp³-hybridized carbons (Fsp3) is 0.182.